The van der Waals surface area contributed by atoms with Crippen LogP contribution in [0.2, 0.25) is 5.02 Å². The molecule has 0 atom stereocenters. The zero-order valence-corrected chi connectivity index (χ0v) is 21.1. The maximum atomic E-state index is 14.0. The number of rotatable bonds is 7. The Labute approximate surface area is 213 Å². The second kappa shape index (κ2) is 9.72. The predicted molar refractivity (Wildman–Crippen MR) is 141 cm³/mol. The highest BCUT2D eigenvalue weighted by Gasteiger charge is 2.32. The van der Waals surface area contributed by atoms with Crippen LogP contribution in [0.5, 0.6) is 0 Å². The predicted octanol–water partition coefficient (Wildman–Crippen LogP) is 6.12. The number of aromatic nitrogens is 3. The Bertz CT molecular complexity index is 1680. The summed E-state index contributed by atoms with van der Waals surface area (Å²) in [5.41, 5.74) is 2.18. The van der Waals surface area contributed by atoms with Crippen molar-refractivity contribution in [1.82, 2.24) is 14.5 Å². The minimum Gasteiger partial charge on any atom is -0.309 e. The molecule has 36 heavy (non-hydrogen) atoms. The molecule has 1 amide bonds. The highest BCUT2D eigenvalue weighted by molar-refractivity contribution is 7.92. The number of aryl methyl sites for hydroxylation is 1. The molecule has 0 aliphatic heterocycles. The molecule has 0 saturated heterocycles. The third-order valence-corrected chi connectivity index (χ3v) is 7.97. The second-order valence-corrected chi connectivity index (χ2v) is 10.7. The normalized spacial score (nSPS) is 11.7. The number of nitrogens with zero attached hydrogens (tertiary/aromatic N) is 3. The van der Waals surface area contributed by atoms with Gasteiger partial charge in [0.15, 0.2) is 5.65 Å². The summed E-state index contributed by atoms with van der Waals surface area (Å²) < 4.78 is 29.8. The molecule has 0 radical (unpaired) electrons. The fourth-order valence-electron chi connectivity index (χ4n) is 4.08. The number of para-hydroxylation sites is 2. The monoisotopic (exact) mass is 518 g/mol. The van der Waals surface area contributed by atoms with Crippen LogP contribution in [-0.4, -0.2) is 28.9 Å². The van der Waals surface area contributed by atoms with E-state index in [1.165, 1.54) is 12.1 Å². The van der Waals surface area contributed by atoms with Gasteiger partial charge in [0, 0.05) is 17.1 Å². The van der Waals surface area contributed by atoms with Gasteiger partial charge in [-0.05, 0) is 55.0 Å². The first-order valence-corrected chi connectivity index (χ1v) is 13.4. The number of fused-ring (bicyclic) bond motifs is 2. The Morgan fingerprint density at radius 3 is 2.22 bits per heavy atom. The van der Waals surface area contributed by atoms with Crippen LogP contribution < -0.4 is 5.32 Å². The van der Waals surface area contributed by atoms with Gasteiger partial charge < -0.3 is 9.88 Å². The molecule has 0 unspecified atom stereocenters. The number of benzene rings is 3. The topological polar surface area (TPSA) is 94.0 Å². The lowest BCUT2D eigenvalue weighted by Gasteiger charge is -2.13. The van der Waals surface area contributed by atoms with Crippen molar-refractivity contribution in [3.05, 3.63) is 89.4 Å². The van der Waals surface area contributed by atoms with Crippen molar-refractivity contribution in [2.75, 3.05) is 5.32 Å². The molecular formula is C27H23ClN4O3S. The largest absolute Gasteiger partial charge is 0.309 e. The van der Waals surface area contributed by atoms with Crippen LogP contribution in [0.1, 0.15) is 30.1 Å². The molecular weight excluding hydrogens is 496 g/mol. The van der Waals surface area contributed by atoms with Crippen molar-refractivity contribution in [3.63, 3.8) is 0 Å². The number of carbonyl (C=O) groups excluding carboxylic acids is 1. The molecule has 2 aromatic heterocycles. The van der Waals surface area contributed by atoms with E-state index < -0.39 is 15.7 Å². The highest BCUT2D eigenvalue weighted by atomic mass is 35.5. The lowest BCUT2D eigenvalue weighted by molar-refractivity contribution is 0.102. The van der Waals surface area contributed by atoms with Crippen molar-refractivity contribution >= 4 is 55.4 Å². The maximum absolute atomic E-state index is 14.0. The molecule has 2 heterocycles. The van der Waals surface area contributed by atoms with Gasteiger partial charge in [0.2, 0.25) is 9.84 Å². The zero-order valence-electron chi connectivity index (χ0n) is 19.5. The van der Waals surface area contributed by atoms with Gasteiger partial charge in [-0.2, -0.15) is 0 Å². The van der Waals surface area contributed by atoms with E-state index in [-0.39, 0.29) is 21.1 Å². The fraction of sp³-hybridized carbons (Fsp3) is 0.148. The Hall–Kier alpha value is -3.75. The minimum absolute atomic E-state index is 0.0691. The number of anilines is 1. The number of nitrogens with one attached hydrogen (secondary N) is 1. The highest BCUT2D eigenvalue weighted by Crippen LogP contribution is 2.37. The average molecular weight is 519 g/mol. The molecule has 0 aliphatic rings. The first kappa shape index (κ1) is 24.0. The van der Waals surface area contributed by atoms with Gasteiger partial charge in [-0.1, -0.05) is 55.3 Å². The zero-order chi connectivity index (χ0) is 25.3. The molecule has 1 N–H and O–H groups in total. The first-order valence-electron chi connectivity index (χ1n) is 11.6. The number of unbranched alkanes of at least 4 members (excludes halogenated alkanes) is 1. The number of halogens is 1. The van der Waals surface area contributed by atoms with Gasteiger partial charge in [-0.15, -0.1) is 0 Å². The number of carbonyl (C=O) groups is 1. The van der Waals surface area contributed by atoms with Crippen LogP contribution in [0.25, 0.3) is 22.2 Å². The number of sulfone groups is 1. The van der Waals surface area contributed by atoms with Crippen LogP contribution in [-0.2, 0) is 16.4 Å². The van der Waals surface area contributed by atoms with E-state index in [4.69, 9.17) is 21.6 Å². The van der Waals surface area contributed by atoms with E-state index in [1.807, 2.05) is 25.1 Å². The van der Waals surface area contributed by atoms with E-state index in [0.717, 1.165) is 12.8 Å². The lowest BCUT2D eigenvalue weighted by atomic mass is 10.2. The third kappa shape index (κ3) is 4.34. The van der Waals surface area contributed by atoms with E-state index in [0.29, 0.717) is 33.8 Å². The molecule has 5 rings (SSSR count). The molecule has 0 aliphatic carbocycles. The minimum atomic E-state index is -4.06. The molecule has 9 heteroatoms. The maximum Gasteiger partial charge on any atom is 0.256 e. The van der Waals surface area contributed by atoms with Gasteiger partial charge in [-0.25, -0.2) is 18.4 Å². The molecule has 182 valence electrons. The van der Waals surface area contributed by atoms with E-state index in [1.54, 1.807) is 53.1 Å². The molecule has 7 nitrogen and oxygen atoms in total. The van der Waals surface area contributed by atoms with Crippen molar-refractivity contribution < 1.29 is 13.2 Å². The number of amides is 1. The van der Waals surface area contributed by atoms with Crippen LogP contribution in [0.3, 0.4) is 0 Å². The number of hydrogen-bond acceptors (Lipinski definition) is 5. The van der Waals surface area contributed by atoms with Crippen molar-refractivity contribution in [3.8, 4) is 0 Å². The van der Waals surface area contributed by atoms with Crippen molar-refractivity contribution in [2.24, 2.45) is 0 Å². The summed E-state index contributed by atoms with van der Waals surface area (Å²) in [7, 11) is -4.06. The summed E-state index contributed by atoms with van der Waals surface area (Å²) in [6, 6.07) is 21.8. The standard InChI is InChI=1S/C27H23ClN4O3S/c1-2-3-17-32-25-23(29-21-11-7-8-12-22(21)30-25)24(36(34,35)20-9-5-4-6-10-20)26(32)31-27(33)18-13-15-19(28)16-14-18/h4-16H,2-3,17H2,1H3,(H,31,33). The summed E-state index contributed by atoms with van der Waals surface area (Å²) in [4.78, 5) is 22.8. The van der Waals surface area contributed by atoms with Gasteiger partial charge in [0.25, 0.3) is 5.91 Å². The van der Waals surface area contributed by atoms with Gasteiger partial charge in [0.1, 0.15) is 16.2 Å². The van der Waals surface area contributed by atoms with E-state index >= 15 is 0 Å². The van der Waals surface area contributed by atoms with Crippen LogP contribution in [0, 0.1) is 0 Å². The second-order valence-electron chi connectivity index (χ2n) is 8.34. The molecule has 3 aromatic carbocycles. The SMILES string of the molecule is CCCCn1c(NC(=O)c2ccc(Cl)cc2)c(S(=O)(=O)c2ccccc2)c2nc3ccccc3nc21. The van der Waals surface area contributed by atoms with Crippen molar-refractivity contribution in [1.29, 1.82) is 0 Å². The van der Waals surface area contributed by atoms with E-state index in [9.17, 15) is 13.2 Å². The Balaban J connectivity index is 1.81. The molecule has 0 bridgehead atoms. The Morgan fingerprint density at radius 2 is 1.56 bits per heavy atom. The molecule has 0 spiro atoms. The quantitative estimate of drug-likeness (QED) is 0.280. The summed E-state index contributed by atoms with van der Waals surface area (Å²) >= 11 is 5.98. The molecule has 0 saturated carbocycles. The van der Waals surface area contributed by atoms with Crippen LogP contribution in [0.15, 0.2) is 88.7 Å². The summed E-state index contributed by atoms with van der Waals surface area (Å²) in [6.07, 6.45) is 1.62. The van der Waals surface area contributed by atoms with E-state index in [2.05, 4.69) is 5.32 Å². The average Bonchev–Trinajstić information content (AvgIpc) is 3.19. The molecule has 0 fully saturated rings. The van der Waals surface area contributed by atoms with Crippen LogP contribution >= 0.6 is 11.6 Å². The van der Waals surface area contributed by atoms with Gasteiger partial charge in [0.05, 0.1) is 15.9 Å². The summed E-state index contributed by atoms with van der Waals surface area (Å²) in [5.74, 6) is -0.307. The Morgan fingerprint density at radius 1 is 0.917 bits per heavy atom. The Kier molecular flexibility index (Phi) is 6.47. The van der Waals surface area contributed by atoms with Gasteiger partial charge >= 0.3 is 0 Å². The van der Waals surface area contributed by atoms with Crippen LogP contribution in [0.4, 0.5) is 5.82 Å². The lowest BCUT2D eigenvalue weighted by Crippen LogP contribution is -2.18. The van der Waals surface area contributed by atoms with Crippen molar-refractivity contribution in [2.45, 2.75) is 36.1 Å². The third-order valence-electron chi connectivity index (χ3n) is 5.90. The fourth-order valence-corrected chi connectivity index (χ4v) is 5.77. The first-order chi connectivity index (χ1) is 17.4. The molecule has 5 aromatic rings. The summed E-state index contributed by atoms with van der Waals surface area (Å²) in [5, 5.41) is 3.36. The number of hydrogen-bond donors (Lipinski definition) is 1. The summed E-state index contributed by atoms with van der Waals surface area (Å²) in [6.45, 7) is 2.50. The smallest absolute Gasteiger partial charge is 0.256 e. The van der Waals surface area contributed by atoms with Gasteiger partial charge in [-0.3, -0.25) is 4.79 Å².